The highest BCUT2D eigenvalue weighted by atomic mass is 32.2. The summed E-state index contributed by atoms with van der Waals surface area (Å²) >= 11 is 1.52. The van der Waals surface area contributed by atoms with Crippen LogP contribution in [0.25, 0.3) is 11.1 Å². The van der Waals surface area contributed by atoms with Crippen molar-refractivity contribution < 1.29 is 9.59 Å². The smallest absolute Gasteiger partial charge is 0.224 e. The molecule has 3 nitrogen and oxygen atoms in total. The van der Waals surface area contributed by atoms with Crippen LogP contribution < -0.4 is 5.32 Å². The molecule has 0 saturated carbocycles. The van der Waals surface area contributed by atoms with E-state index < -0.39 is 0 Å². The van der Waals surface area contributed by atoms with Gasteiger partial charge in [0.05, 0.1) is 5.75 Å². The van der Waals surface area contributed by atoms with Crippen molar-refractivity contribution in [2.75, 3.05) is 11.1 Å². The fourth-order valence-corrected chi connectivity index (χ4v) is 4.54. The van der Waals surface area contributed by atoms with E-state index in [2.05, 4.69) is 42.6 Å². The van der Waals surface area contributed by atoms with E-state index >= 15 is 0 Å². The summed E-state index contributed by atoms with van der Waals surface area (Å²) in [5.74, 6) is 0.579. The van der Waals surface area contributed by atoms with Gasteiger partial charge in [-0.3, -0.25) is 9.59 Å². The zero-order valence-electron chi connectivity index (χ0n) is 17.1. The molecule has 30 heavy (non-hydrogen) atoms. The van der Waals surface area contributed by atoms with Crippen molar-refractivity contribution in [3.05, 3.63) is 83.4 Å². The molecule has 1 amide bonds. The molecule has 0 fully saturated rings. The molecule has 0 radical (unpaired) electrons. The molecule has 0 unspecified atom stereocenters. The maximum Gasteiger partial charge on any atom is 0.224 e. The molecule has 0 aliphatic heterocycles. The second kappa shape index (κ2) is 9.31. The van der Waals surface area contributed by atoms with Crippen LogP contribution in [0, 0.1) is 0 Å². The van der Waals surface area contributed by atoms with Gasteiger partial charge in [-0.15, -0.1) is 11.8 Å². The number of anilines is 1. The summed E-state index contributed by atoms with van der Waals surface area (Å²) in [7, 11) is 0. The van der Waals surface area contributed by atoms with Crippen LogP contribution in [-0.2, 0) is 11.2 Å². The predicted molar refractivity (Wildman–Crippen MR) is 124 cm³/mol. The number of carbonyl (C=O) groups excluding carboxylic acids is 2. The molecular weight excluding hydrogens is 390 g/mol. The third kappa shape index (κ3) is 4.65. The Balaban J connectivity index is 1.34. The summed E-state index contributed by atoms with van der Waals surface area (Å²) in [6, 6.07) is 22.2. The van der Waals surface area contributed by atoms with Crippen LogP contribution in [0.5, 0.6) is 0 Å². The van der Waals surface area contributed by atoms with E-state index in [-0.39, 0.29) is 11.7 Å². The third-order valence-corrected chi connectivity index (χ3v) is 6.39. The Morgan fingerprint density at radius 2 is 1.70 bits per heavy atom. The minimum absolute atomic E-state index is 0.0474. The summed E-state index contributed by atoms with van der Waals surface area (Å²) in [6.07, 6.45) is 3.35. The van der Waals surface area contributed by atoms with Crippen molar-refractivity contribution >= 4 is 29.1 Å². The van der Waals surface area contributed by atoms with Gasteiger partial charge in [0.15, 0.2) is 5.78 Å². The SMILES string of the molecule is CCCCC(=O)Nc1ccc(SCC(=O)c2ccc3c(c2)Cc2ccccc2-3)cc1. The molecule has 0 atom stereocenters. The Kier molecular flexibility index (Phi) is 6.34. The zero-order valence-corrected chi connectivity index (χ0v) is 17.9. The molecule has 1 aliphatic carbocycles. The van der Waals surface area contributed by atoms with Crippen LogP contribution in [0.15, 0.2) is 71.6 Å². The first-order chi connectivity index (χ1) is 14.6. The summed E-state index contributed by atoms with van der Waals surface area (Å²) in [5.41, 5.74) is 6.65. The fourth-order valence-electron chi connectivity index (χ4n) is 3.75. The maximum absolute atomic E-state index is 12.7. The number of thioether (sulfide) groups is 1. The largest absolute Gasteiger partial charge is 0.326 e. The number of nitrogens with one attached hydrogen (secondary N) is 1. The highest BCUT2D eigenvalue weighted by Gasteiger charge is 2.19. The Morgan fingerprint density at radius 3 is 2.50 bits per heavy atom. The number of hydrogen-bond donors (Lipinski definition) is 1. The molecule has 1 aliphatic rings. The van der Waals surface area contributed by atoms with Crippen LogP contribution in [0.3, 0.4) is 0 Å². The second-order valence-corrected chi connectivity index (χ2v) is 8.64. The van der Waals surface area contributed by atoms with Crippen LogP contribution in [0.2, 0.25) is 0 Å². The first-order valence-corrected chi connectivity index (χ1v) is 11.4. The highest BCUT2D eigenvalue weighted by Crippen LogP contribution is 2.37. The van der Waals surface area contributed by atoms with E-state index in [1.165, 1.54) is 34.0 Å². The second-order valence-electron chi connectivity index (χ2n) is 7.59. The molecule has 4 rings (SSSR count). The molecule has 152 valence electrons. The monoisotopic (exact) mass is 415 g/mol. The minimum atomic E-state index is 0.0474. The van der Waals surface area contributed by atoms with Gasteiger partial charge < -0.3 is 5.32 Å². The lowest BCUT2D eigenvalue weighted by Gasteiger charge is -2.07. The van der Waals surface area contributed by atoms with E-state index in [0.717, 1.165) is 35.4 Å². The first-order valence-electron chi connectivity index (χ1n) is 10.4. The van der Waals surface area contributed by atoms with Gasteiger partial charge in [0.25, 0.3) is 0 Å². The summed E-state index contributed by atoms with van der Waals surface area (Å²) in [6.45, 7) is 2.07. The third-order valence-electron chi connectivity index (χ3n) is 5.38. The normalized spacial score (nSPS) is 11.6. The van der Waals surface area contributed by atoms with E-state index in [4.69, 9.17) is 0 Å². The summed E-state index contributed by atoms with van der Waals surface area (Å²) in [4.78, 5) is 25.6. The van der Waals surface area contributed by atoms with Gasteiger partial charge in [-0.05, 0) is 65.4 Å². The van der Waals surface area contributed by atoms with Gasteiger partial charge in [0.2, 0.25) is 5.91 Å². The minimum Gasteiger partial charge on any atom is -0.326 e. The van der Waals surface area contributed by atoms with Crippen molar-refractivity contribution in [3.8, 4) is 11.1 Å². The lowest BCUT2D eigenvalue weighted by atomic mass is 10.0. The van der Waals surface area contributed by atoms with Crippen molar-refractivity contribution in [2.45, 2.75) is 37.5 Å². The molecule has 3 aromatic rings. The number of carbonyl (C=O) groups is 2. The number of Topliss-reactive ketones (excluding diaryl/α,β-unsaturated/α-hetero) is 1. The van der Waals surface area contributed by atoms with Gasteiger partial charge in [0, 0.05) is 22.6 Å². The van der Waals surface area contributed by atoms with Gasteiger partial charge in [-0.2, -0.15) is 0 Å². The van der Waals surface area contributed by atoms with Crippen LogP contribution >= 0.6 is 11.8 Å². The Hall–Kier alpha value is -2.85. The summed E-state index contributed by atoms with van der Waals surface area (Å²) < 4.78 is 0. The number of rotatable bonds is 8. The summed E-state index contributed by atoms with van der Waals surface area (Å²) in [5, 5.41) is 2.91. The fraction of sp³-hybridized carbons (Fsp3) is 0.231. The van der Waals surface area contributed by atoms with E-state index in [0.29, 0.717) is 12.2 Å². The van der Waals surface area contributed by atoms with Gasteiger partial charge in [-0.1, -0.05) is 49.7 Å². The van der Waals surface area contributed by atoms with E-state index in [1.54, 1.807) is 0 Å². The van der Waals surface area contributed by atoms with Crippen molar-refractivity contribution in [1.29, 1.82) is 0 Å². The molecule has 0 bridgehead atoms. The van der Waals surface area contributed by atoms with E-state index in [1.807, 2.05) is 36.4 Å². The molecule has 0 heterocycles. The number of unbranched alkanes of at least 4 members (excludes halogenated alkanes) is 1. The Bertz CT molecular complexity index is 1070. The van der Waals surface area contributed by atoms with Gasteiger partial charge in [0.1, 0.15) is 0 Å². The molecular formula is C26H25NO2S. The molecule has 3 aromatic carbocycles. The van der Waals surface area contributed by atoms with Crippen molar-refractivity contribution in [2.24, 2.45) is 0 Å². The van der Waals surface area contributed by atoms with E-state index in [9.17, 15) is 9.59 Å². The number of ketones is 1. The van der Waals surface area contributed by atoms with Gasteiger partial charge in [-0.25, -0.2) is 0 Å². The first kappa shape index (κ1) is 20.4. The molecule has 1 N–H and O–H groups in total. The van der Waals surface area contributed by atoms with Crippen LogP contribution in [-0.4, -0.2) is 17.4 Å². The lowest BCUT2D eigenvalue weighted by Crippen LogP contribution is -2.10. The molecule has 0 spiro atoms. The average Bonchev–Trinajstić information content (AvgIpc) is 3.15. The van der Waals surface area contributed by atoms with Crippen LogP contribution in [0.1, 0.15) is 47.7 Å². The topological polar surface area (TPSA) is 46.2 Å². The number of amides is 1. The van der Waals surface area contributed by atoms with Crippen LogP contribution in [0.4, 0.5) is 5.69 Å². The Labute approximate surface area is 181 Å². The molecule has 0 saturated heterocycles. The zero-order chi connectivity index (χ0) is 20.9. The Morgan fingerprint density at radius 1 is 0.933 bits per heavy atom. The van der Waals surface area contributed by atoms with Crippen molar-refractivity contribution in [1.82, 2.24) is 0 Å². The average molecular weight is 416 g/mol. The maximum atomic E-state index is 12.7. The standard InChI is InChI=1S/C26H25NO2S/c1-2-3-8-26(29)27-21-10-12-22(13-11-21)30-17-25(28)19-9-14-24-20(16-19)15-18-6-4-5-7-23(18)24/h4-7,9-14,16H,2-3,8,15,17H2,1H3,(H,27,29). The number of fused-ring (bicyclic) bond motifs is 3. The number of benzene rings is 3. The molecule has 4 heteroatoms. The van der Waals surface area contributed by atoms with Gasteiger partial charge >= 0.3 is 0 Å². The van der Waals surface area contributed by atoms with Crippen molar-refractivity contribution in [3.63, 3.8) is 0 Å². The lowest BCUT2D eigenvalue weighted by molar-refractivity contribution is -0.116. The number of hydrogen-bond acceptors (Lipinski definition) is 3. The highest BCUT2D eigenvalue weighted by molar-refractivity contribution is 8.00. The molecule has 0 aromatic heterocycles. The quantitative estimate of drug-likeness (QED) is 0.269. The predicted octanol–water partition coefficient (Wildman–Crippen LogP) is 6.36.